The van der Waals surface area contributed by atoms with Crippen molar-refractivity contribution in [1.82, 2.24) is 0 Å². The van der Waals surface area contributed by atoms with E-state index in [4.69, 9.17) is 18.5 Å². The van der Waals surface area contributed by atoms with Gasteiger partial charge >= 0.3 is 7.82 Å². The van der Waals surface area contributed by atoms with Crippen LogP contribution in [0.2, 0.25) is 0 Å². The number of phosphoric ester groups is 1. The zero-order valence-electron chi connectivity index (χ0n) is 21.6. The van der Waals surface area contributed by atoms with Crippen molar-refractivity contribution in [1.29, 1.82) is 0 Å². The van der Waals surface area contributed by atoms with Crippen molar-refractivity contribution in [2.24, 2.45) is 0 Å². The number of methoxy groups -OCH3 is 2. The van der Waals surface area contributed by atoms with Crippen LogP contribution >= 0.6 is 31.3 Å². The number of phosphoric acid groups is 1. The van der Waals surface area contributed by atoms with Crippen molar-refractivity contribution in [3.05, 3.63) is 107 Å². The lowest BCUT2D eigenvalue weighted by molar-refractivity contribution is 0.264. The molecule has 11 heteroatoms. The first-order valence-electron chi connectivity index (χ1n) is 12.2. The molecule has 208 valence electrons. The van der Waals surface area contributed by atoms with E-state index in [0.717, 1.165) is 23.5 Å². The molecular formula is C30H21F2O6PS2. The Balaban J connectivity index is 1.45. The van der Waals surface area contributed by atoms with Gasteiger partial charge in [-0.2, -0.15) is 0 Å². The average Bonchev–Trinajstić information content (AvgIpc) is 3.21. The fourth-order valence-corrected chi connectivity index (χ4v) is 7.63. The average molecular weight is 611 g/mol. The molecule has 2 aliphatic rings. The summed E-state index contributed by atoms with van der Waals surface area (Å²) in [7, 11) is -1.93. The third-order valence-corrected chi connectivity index (χ3v) is 9.71. The Hall–Kier alpha value is -3.69. The Kier molecular flexibility index (Phi) is 7.34. The van der Waals surface area contributed by atoms with Gasteiger partial charge in [-0.15, -0.1) is 0 Å². The van der Waals surface area contributed by atoms with Crippen LogP contribution in [0.3, 0.4) is 0 Å². The summed E-state index contributed by atoms with van der Waals surface area (Å²) < 4.78 is 65.8. The van der Waals surface area contributed by atoms with Crippen molar-refractivity contribution < 1.29 is 36.8 Å². The molecule has 0 fully saturated rings. The minimum atomic E-state index is -4.90. The molecular weight excluding hydrogens is 589 g/mol. The van der Waals surface area contributed by atoms with Crippen LogP contribution in [-0.2, 0) is 13.6 Å². The van der Waals surface area contributed by atoms with Gasteiger partial charge in [0.05, 0.1) is 33.8 Å². The Morgan fingerprint density at radius 2 is 1.05 bits per heavy atom. The maximum absolute atomic E-state index is 14.8. The number of fused-ring (bicyclic) bond motifs is 4. The summed E-state index contributed by atoms with van der Waals surface area (Å²) >= 11 is 2.26. The Bertz CT molecular complexity index is 1680. The highest BCUT2D eigenvalue weighted by atomic mass is 32.2. The molecule has 0 radical (unpaired) electrons. The highest BCUT2D eigenvalue weighted by Crippen LogP contribution is 2.57. The standard InChI is InChI=1S/C30H21F2O6PS2/c1-35-23-13-5-9-19-25(15-17-7-3-11-21(31)27(17)40-29(19)23)37-39(33,34)38-26-16-18-8-4-12-22(32)28(18)41-30-20(26)10-6-14-24(30)36-2/h3-16H,1-2H3,(H,33,34). The lowest BCUT2D eigenvalue weighted by atomic mass is 10.1. The zero-order valence-corrected chi connectivity index (χ0v) is 24.1. The monoisotopic (exact) mass is 610 g/mol. The van der Waals surface area contributed by atoms with Gasteiger partial charge in [-0.25, -0.2) is 13.3 Å². The summed E-state index contributed by atoms with van der Waals surface area (Å²) in [4.78, 5) is 12.8. The molecule has 6 rings (SSSR count). The highest BCUT2D eigenvalue weighted by Gasteiger charge is 2.34. The fraction of sp³-hybridized carbons (Fsp3) is 0.0667. The van der Waals surface area contributed by atoms with E-state index in [1.54, 1.807) is 60.7 Å². The molecule has 41 heavy (non-hydrogen) atoms. The quantitative estimate of drug-likeness (QED) is 0.217. The Labute approximate surface area is 243 Å². The number of ether oxygens (including phenoxy) is 2. The van der Waals surface area contributed by atoms with E-state index < -0.39 is 19.5 Å². The summed E-state index contributed by atoms with van der Waals surface area (Å²) in [6, 6.07) is 19.3. The van der Waals surface area contributed by atoms with Crippen molar-refractivity contribution >= 4 is 55.0 Å². The number of halogens is 2. The van der Waals surface area contributed by atoms with E-state index in [1.807, 2.05) is 0 Å². The molecule has 0 atom stereocenters. The van der Waals surface area contributed by atoms with Crippen LogP contribution < -0.4 is 9.47 Å². The molecule has 0 saturated heterocycles. The molecule has 6 nitrogen and oxygen atoms in total. The highest BCUT2D eigenvalue weighted by molar-refractivity contribution is 8.00. The van der Waals surface area contributed by atoms with Crippen LogP contribution in [0, 0.1) is 11.6 Å². The van der Waals surface area contributed by atoms with E-state index in [9.17, 15) is 18.2 Å². The van der Waals surface area contributed by atoms with E-state index in [-0.39, 0.29) is 11.5 Å². The summed E-state index contributed by atoms with van der Waals surface area (Å²) in [6.07, 6.45) is 2.98. The van der Waals surface area contributed by atoms with Crippen LogP contribution in [0.15, 0.2) is 92.4 Å². The predicted molar refractivity (Wildman–Crippen MR) is 155 cm³/mol. The molecule has 0 aromatic heterocycles. The second-order valence-electron chi connectivity index (χ2n) is 8.86. The second kappa shape index (κ2) is 10.9. The van der Waals surface area contributed by atoms with Gasteiger partial charge < -0.3 is 18.5 Å². The minimum absolute atomic E-state index is 0.0116. The molecule has 0 saturated carbocycles. The number of hydrogen-bond donors (Lipinski definition) is 1. The normalized spacial score (nSPS) is 13.7. The van der Waals surface area contributed by atoms with Crippen LogP contribution in [0.1, 0.15) is 22.3 Å². The fourth-order valence-electron chi connectivity index (χ4n) is 4.51. The van der Waals surface area contributed by atoms with Gasteiger partial charge in [0.1, 0.15) is 34.7 Å². The van der Waals surface area contributed by atoms with Gasteiger partial charge in [0, 0.05) is 11.1 Å². The van der Waals surface area contributed by atoms with Crippen molar-refractivity contribution in [3.63, 3.8) is 0 Å². The van der Waals surface area contributed by atoms with Crippen LogP contribution in [0.4, 0.5) is 8.78 Å². The van der Waals surface area contributed by atoms with Gasteiger partial charge in [-0.3, -0.25) is 4.89 Å². The van der Waals surface area contributed by atoms with Crippen LogP contribution in [0.5, 0.6) is 11.5 Å². The van der Waals surface area contributed by atoms with Gasteiger partial charge in [0.15, 0.2) is 0 Å². The summed E-state index contributed by atoms with van der Waals surface area (Å²) in [5.74, 6) is -0.0550. The smallest absolute Gasteiger partial charge is 0.496 e. The van der Waals surface area contributed by atoms with Gasteiger partial charge in [-0.1, -0.05) is 59.9 Å². The van der Waals surface area contributed by atoms with Crippen molar-refractivity contribution in [2.45, 2.75) is 19.6 Å². The number of rotatable bonds is 6. The van der Waals surface area contributed by atoms with Gasteiger partial charge in [0.25, 0.3) is 0 Å². The first-order chi connectivity index (χ1) is 19.8. The summed E-state index contributed by atoms with van der Waals surface area (Å²) in [6.45, 7) is 0. The van der Waals surface area contributed by atoms with Crippen molar-refractivity contribution in [2.75, 3.05) is 14.2 Å². The largest absolute Gasteiger partial charge is 0.584 e. The first-order valence-corrected chi connectivity index (χ1v) is 15.3. The maximum Gasteiger partial charge on any atom is 0.584 e. The molecule has 0 bridgehead atoms. The van der Waals surface area contributed by atoms with E-state index in [1.165, 1.54) is 38.5 Å². The Morgan fingerprint density at radius 3 is 1.46 bits per heavy atom. The second-order valence-corrected chi connectivity index (χ2v) is 12.2. The van der Waals surface area contributed by atoms with Gasteiger partial charge in [-0.05, 0) is 59.7 Å². The lowest BCUT2D eigenvalue weighted by Gasteiger charge is -2.20. The number of benzene rings is 4. The molecule has 2 aliphatic heterocycles. The van der Waals surface area contributed by atoms with Gasteiger partial charge in [0.2, 0.25) is 0 Å². The molecule has 0 unspecified atom stereocenters. The number of hydrogen-bond acceptors (Lipinski definition) is 7. The zero-order chi connectivity index (χ0) is 28.7. The SMILES string of the molecule is COc1cccc2c1Sc1c(F)cccc1C=C2OP(=O)(O)OC1=Cc2cccc(F)c2Sc2c(OC)cccc21. The molecule has 1 N–H and O–H groups in total. The third-order valence-electron chi connectivity index (χ3n) is 6.33. The van der Waals surface area contributed by atoms with E-state index in [0.29, 0.717) is 53.3 Å². The third kappa shape index (κ3) is 5.24. The molecule has 4 aromatic carbocycles. The summed E-state index contributed by atoms with van der Waals surface area (Å²) in [5.41, 5.74) is 1.74. The maximum atomic E-state index is 14.8. The molecule has 2 heterocycles. The van der Waals surface area contributed by atoms with E-state index >= 15 is 0 Å². The Morgan fingerprint density at radius 1 is 0.634 bits per heavy atom. The summed E-state index contributed by atoms with van der Waals surface area (Å²) in [5, 5.41) is 0. The van der Waals surface area contributed by atoms with Crippen LogP contribution in [0.25, 0.3) is 23.7 Å². The van der Waals surface area contributed by atoms with Crippen molar-refractivity contribution in [3.8, 4) is 11.5 Å². The minimum Gasteiger partial charge on any atom is -0.496 e. The molecule has 4 aromatic rings. The molecule has 0 spiro atoms. The predicted octanol–water partition coefficient (Wildman–Crippen LogP) is 8.74. The molecule has 0 aliphatic carbocycles. The van der Waals surface area contributed by atoms with E-state index in [2.05, 4.69) is 0 Å². The van der Waals surface area contributed by atoms with Crippen LogP contribution in [-0.4, -0.2) is 19.1 Å². The first kappa shape index (κ1) is 27.5. The molecule has 0 amide bonds. The topological polar surface area (TPSA) is 74.2 Å². The lowest BCUT2D eigenvalue weighted by Crippen LogP contribution is -1.99.